The summed E-state index contributed by atoms with van der Waals surface area (Å²) in [7, 11) is 1.60. The summed E-state index contributed by atoms with van der Waals surface area (Å²) in [4.78, 5) is 29.9. The Hall–Kier alpha value is -1.74. The van der Waals surface area contributed by atoms with E-state index in [0.29, 0.717) is 31.4 Å². The van der Waals surface area contributed by atoms with Crippen LogP contribution in [-0.2, 0) is 9.53 Å². The molecule has 9 heteroatoms. The minimum atomic E-state index is -0.467. The number of carbonyl (C=O) groups is 1. The number of hydrogen-bond acceptors (Lipinski definition) is 7. The molecule has 1 amide bonds. The van der Waals surface area contributed by atoms with Gasteiger partial charge < -0.3 is 14.5 Å². The number of rotatable bonds is 5. The maximum atomic E-state index is 12.1. The van der Waals surface area contributed by atoms with Crippen molar-refractivity contribution in [1.82, 2.24) is 9.88 Å². The van der Waals surface area contributed by atoms with Crippen LogP contribution in [0.2, 0.25) is 0 Å². The molecule has 20 heavy (non-hydrogen) atoms. The predicted molar refractivity (Wildman–Crippen MR) is 74.1 cm³/mol. The molecule has 0 atom stereocenters. The van der Waals surface area contributed by atoms with Gasteiger partial charge in [0.15, 0.2) is 5.13 Å². The molecule has 0 unspecified atom stereocenters. The Balaban J connectivity index is 2.03. The zero-order chi connectivity index (χ0) is 14.5. The highest BCUT2D eigenvalue weighted by Crippen LogP contribution is 2.28. The zero-order valence-corrected chi connectivity index (χ0v) is 12.0. The molecule has 0 bridgehead atoms. The first-order chi connectivity index (χ1) is 9.61. The van der Waals surface area contributed by atoms with Crippen LogP contribution in [0, 0.1) is 10.1 Å². The number of carbonyl (C=O) groups excluding carboxylic acids is 1. The van der Waals surface area contributed by atoms with Crippen LogP contribution in [0.5, 0.6) is 0 Å². The normalized spacial score (nSPS) is 16.4. The van der Waals surface area contributed by atoms with Crippen molar-refractivity contribution in [2.75, 3.05) is 44.8 Å². The number of methoxy groups -OCH3 is 1. The van der Waals surface area contributed by atoms with Crippen LogP contribution in [0.4, 0.5) is 10.1 Å². The molecule has 2 heterocycles. The second-order valence-electron chi connectivity index (χ2n) is 4.39. The predicted octanol–water partition coefficient (Wildman–Crippen LogP) is 0.736. The monoisotopic (exact) mass is 300 g/mol. The van der Waals surface area contributed by atoms with E-state index in [2.05, 4.69) is 4.98 Å². The maximum absolute atomic E-state index is 12.1. The topological polar surface area (TPSA) is 88.8 Å². The Bertz CT molecular complexity index is 493. The Kier molecular flexibility index (Phi) is 4.85. The third-order valence-electron chi connectivity index (χ3n) is 3.03. The molecule has 1 saturated heterocycles. The maximum Gasteiger partial charge on any atom is 0.345 e. The molecule has 1 aromatic rings. The first kappa shape index (κ1) is 14.7. The Morgan fingerprint density at radius 2 is 2.35 bits per heavy atom. The van der Waals surface area contributed by atoms with Gasteiger partial charge in [-0.15, -0.1) is 0 Å². The summed E-state index contributed by atoms with van der Waals surface area (Å²) < 4.78 is 4.98. The standard InChI is InChI=1S/C11H16N4O4S/c1-19-6-5-13-3-2-4-14(8-9(13)16)11-12-7-10(20-11)15(17)18/h7H,2-6,8H2,1H3. The van der Waals surface area contributed by atoms with Crippen molar-refractivity contribution in [2.24, 2.45) is 0 Å². The molecule has 0 saturated carbocycles. The summed E-state index contributed by atoms with van der Waals surface area (Å²) in [5, 5.41) is 11.2. The average molecular weight is 300 g/mol. The molecule has 2 rings (SSSR count). The molecule has 0 aliphatic carbocycles. The Labute approximate surface area is 120 Å². The van der Waals surface area contributed by atoms with Gasteiger partial charge in [-0.1, -0.05) is 0 Å². The van der Waals surface area contributed by atoms with E-state index in [-0.39, 0.29) is 17.5 Å². The summed E-state index contributed by atoms with van der Waals surface area (Å²) in [5.74, 6) is -0.00240. The van der Waals surface area contributed by atoms with Crippen molar-refractivity contribution in [2.45, 2.75) is 6.42 Å². The molecule has 0 spiro atoms. The summed E-state index contributed by atoms with van der Waals surface area (Å²) >= 11 is 0.998. The van der Waals surface area contributed by atoms with Gasteiger partial charge in [0.1, 0.15) is 6.20 Å². The highest BCUT2D eigenvalue weighted by Gasteiger charge is 2.24. The molecule has 110 valence electrons. The fourth-order valence-corrected chi connectivity index (χ4v) is 2.77. The van der Waals surface area contributed by atoms with Crippen LogP contribution in [0.1, 0.15) is 6.42 Å². The van der Waals surface area contributed by atoms with Crippen LogP contribution in [0.15, 0.2) is 6.20 Å². The Morgan fingerprint density at radius 3 is 3.00 bits per heavy atom. The van der Waals surface area contributed by atoms with Crippen molar-refractivity contribution in [3.63, 3.8) is 0 Å². The molecule has 8 nitrogen and oxygen atoms in total. The van der Waals surface area contributed by atoms with E-state index in [1.165, 1.54) is 6.20 Å². The van der Waals surface area contributed by atoms with E-state index in [1.54, 1.807) is 16.9 Å². The van der Waals surface area contributed by atoms with Crippen LogP contribution in [0.25, 0.3) is 0 Å². The molecular formula is C11H16N4O4S. The lowest BCUT2D eigenvalue weighted by Crippen LogP contribution is -2.38. The van der Waals surface area contributed by atoms with Gasteiger partial charge >= 0.3 is 5.00 Å². The largest absolute Gasteiger partial charge is 0.383 e. The number of aromatic nitrogens is 1. The lowest BCUT2D eigenvalue weighted by molar-refractivity contribution is -0.380. The van der Waals surface area contributed by atoms with Crippen molar-refractivity contribution in [3.05, 3.63) is 16.3 Å². The van der Waals surface area contributed by atoms with Crippen LogP contribution < -0.4 is 4.90 Å². The number of hydrogen-bond donors (Lipinski definition) is 0. The molecule has 1 aromatic heterocycles. The van der Waals surface area contributed by atoms with E-state index >= 15 is 0 Å². The molecule has 0 N–H and O–H groups in total. The third-order valence-corrected chi connectivity index (χ3v) is 4.04. The van der Waals surface area contributed by atoms with Gasteiger partial charge in [0, 0.05) is 26.7 Å². The summed E-state index contributed by atoms with van der Waals surface area (Å²) in [6, 6.07) is 0. The van der Waals surface area contributed by atoms with Crippen molar-refractivity contribution >= 4 is 27.4 Å². The second kappa shape index (κ2) is 6.62. The number of anilines is 1. The van der Waals surface area contributed by atoms with Gasteiger partial charge in [-0.25, -0.2) is 4.98 Å². The Morgan fingerprint density at radius 1 is 1.55 bits per heavy atom. The highest BCUT2D eigenvalue weighted by molar-refractivity contribution is 7.18. The SMILES string of the molecule is COCCN1CCCN(c2ncc([N+](=O)[O-])s2)CC1=O. The van der Waals surface area contributed by atoms with E-state index in [1.807, 2.05) is 0 Å². The van der Waals surface area contributed by atoms with Gasteiger partial charge in [0.2, 0.25) is 5.91 Å². The first-order valence-corrected chi connectivity index (χ1v) is 7.05. The summed E-state index contributed by atoms with van der Waals surface area (Å²) in [6.07, 6.45) is 2.04. The van der Waals surface area contributed by atoms with Crippen LogP contribution >= 0.6 is 11.3 Å². The van der Waals surface area contributed by atoms with Crippen molar-refractivity contribution in [1.29, 1.82) is 0 Å². The molecule has 1 fully saturated rings. The highest BCUT2D eigenvalue weighted by atomic mass is 32.1. The lowest BCUT2D eigenvalue weighted by Gasteiger charge is -2.20. The third kappa shape index (κ3) is 3.42. The molecular weight excluding hydrogens is 284 g/mol. The van der Waals surface area contributed by atoms with E-state index in [4.69, 9.17) is 4.74 Å². The van der Waals surface area contributed by atoms with Gasteiger partial charge in [0.25, 0.3) is 0 Å². The number of nitrogens with zero attached hydrogens (tertiary/aromatic N) is 4. The van der Waals surface area contributed by atoms with Gasteiger partial charge in [-0.3, -0.25) is 14.9 Å². The average Bonchev–Trinajstić information content (AvgIpc) is 2.83. The smallest absolute Gasteiger partial charge is 0.345 e. The number of thiazole rings is 1. The molecule has 0 radical (unpaired) electrons. The fraction of sp³-hybridized carbons (Fsp3) is 0.636. The van der Waals surface area contributed by atoms with Crippen LogP contribution in [-0.4, -0.2) is 60.6 Å². The molecule has 0 aromatic carbocycles. The summed E-state index contributed by atoms with van der Waals surface area (Å²) in [5.41, 5.74) is 0. The fourth-order valence-electron chi connectivity index (χ4n) is 2.01. The van der Waals surface area contributed by atoms with Crippen LogP contribution in [0.3, 0.4) is 0 Å². The lowest BCUT2D eigenvalue weighted by atomic mass is 10.4. The quantitative estimate of drug-likeness (QED) is 0.588. The van der Waals surface area contributed by atoms with Gasteiger partial charge in [0.05, 0.1) is 18.1 Å². The van der Waals surface area contributed by atoms with E-state index in [9.17, 15) is 14.9 Å². The van der Waals surface area contributed by atoms with Crippen molar-refractivity contribution in [3.8, 4) is 0 Å². The second-order valence-corrected chi connectivity index (χ2v) is 5.37. The zero-order valence-electron chi connectivity index (χ0n) is 11.2. The van der Waals surface area contributed by atoms with Crippen molar-refractivity contribution < 1.29 is 14.5 Å². The number of nitro groups is 1. The molecule has 1 aliphatic heterocycles. The van der Waals surface area contributed by atoms with Gasteiger partial charge in [-0.2, -0.15) is 0 Å². The minimum absolute atomic E-state index is 0.00240. The minimum Gasteiger partial charge on any atom is -0.383 e. The summed E-state index contributed by atoms with van der Waals surface area (Å²) in [6.45, 7) is 2.62. The van der Waals surface area contributed by atoms with E-state index in [0.717, 1.165) is 17.8 Å². The first-order valence-electron chi connectivity index (χ1n) is 6.23. The number of ether oxygens (including phenoxy) is 1. The van der Waals surface area contributed by atoms with Gasteiger partial charge in [-0.05, 0) is 17.8 Å². The van der Waals surface area contributed by atoms with E-state index < -0.39 is 4.92 Å². The number of amides is 1. The molecule has 1 aliphatic rings.